The quantitative estimate of drug-likeness (QED) is 0.685. The number of fused-ring (bicyclic) bond motifs is 1. The number of amides is 1. The second-order valence-corrected chi connectivity index (χ2v) is 4.95. The SMILES string of the molecule is CC(C)OC(=O)N1CCC(=O)C2CCCC21. The topological polar surface area (TPSA) is 46.6 Å². The fraction of sp³-hybridized carbons (Fsp3) is 0.833. The number of ether oxygens (including phenoxy) is 1. The molecule has 0 N–H and O–H groups in total. The van der Waals surface area contributed by atoms with Gasteiger partial charge in [-0.3, -0.25) is 4.79 Å². The predicted octanol–water partition coefficient (Wildman–Crippen LogP) is 1.97. The van der Waals surface area contributed by atoms with Gasteiger partial charge in [-0.2, -0.15) is 0 Å². The van der Waals surface area contributed by atoms with Crippen LogP contribution in [0.3, 0.4) is 0 Å². The van der Waals surface area contributed by atoms with Crippen LogP contribution < -0.4 is 0 Å². The Morgan fingerprint density at radius 3 is 2.88 bits per heavy atom. The molecule has 0 bridgehead atoms. The first-order valence-corrected chi connectivity index (χ1v) is 6.09. The van der Waals surface area contributed by atoms with E-state index in [1.54, 1.807) is 4.90 Å². The van der Waals surface area contributed by atoms with Gasteiger partial charge in [-0.1, -0.05) is 6.42 Å². The summed E-state index contributed by atoms with van der Waals surface area (Å²) in [5, 5.41) is 0. The van der Waals surface area contributed by atoms with Gasteiger partial charge in [-0.15, -0.1) is 0 Å². The van der Waals surface area contributed by atoms with Gasteiger partial charge in [-0.25, -0.2) is 4.79 Å². The number of piperidine rings is 1. The number of hydrogen-bond donors (Lipinski definition) is 0. The number of carbonyl (C=O) groups is 2. The van der Waals surface area contributed by atoms with E-state index in [2.05, 4.69) is 0 Å². The molecule has 4 heteroatoms. The third-order valence-electron chi connectivity index (χ3n) is 3.46. The second kappa shape index (κ2) is 4.44. The first-order chi connectivity index (χ1) is 7.59. The highest BCUT2D eigenvalue weighted by atomic mass is 16.6. The van der Waals surface area contributed by atoms with Gasteiger partial charge in [0.15, 0.2) is 0 Å². The lowest BCUT2D eigenvalue weighted by Crippen LogP contribution is -2.50. The summed E-state index contributed by atoms with van der Waals surface area (Å²) in [4.78, 5) is 25.3. The molecule has 0 spiro atoms. The molecule has 1 amide bonds. The lowest BCUT2D eigenvalue weighted by atomic mass is 9.91. The standard InChI is InChI=1S/C12H19NO3/c1-8(2)16-12(15)13-7-6-11(14)9-4-3-5-10(9)13/h8-10H,3-7H2,1-2H3. The molecule has 2 unspecified atom stereocenters. The number of ketones is 1. The number of likely N-dealkylation sites (tertiary alicyclic amines) is 1. The second-order valence-electron chi connectivity index (χ2n) is 4.95. The van der Waals surface area contributed by atoms with Crippen molar-refractivity contribution in [1.29, 1.82) is 0 Å². The largest absolute Gasteiger partial charge is 0.447 e. The molecule has 4 nitrogen and oxygen atoms in total. The Morgan fingerprint density at radius 2 is 2.19 bits per heavy atom. The summed E-state index contributed by atoms with van der Waals surface area (Å²) in [6, 6.07) is 0.104. The zero-order valence-electron chi connectivity index (χ0n) is 9.94. The van der Waals surface area contributed by atoms with Gasteiger partial charge < -0.3 is 9.64 Å². The Morgan fingerprint density at radius 1 is 1.44 bits per heavy atom. The van der Waals surface area contributed by atoms with E-state index in [1.165, 1.54) is 0 Å². The molecule has 16 heavy (non-hydrogen) atoms. The summed E-state index contributed by atoms with van der Waals surface area (Å²) >= 11 is 0. The van der Waals surface area contributed by atoms with Crippen molar-refractivity contribution < 1.29 is 14.3 Å². The molecule has 0 aromatic carbocycles. The zero-order chi connectivity index (χ0) is 11.7. The lowest BCUT2D eigenvalue weighted by Gasteiger charge is -2.36. The maximum atomic E-state index is 11.9. The number of nitrogens with zero attached hydrogens (tertiary/aromatic N) is 1. The third kappa shape index (κ3) is 2.06. The van der Waals surface area contributed by atoms with Crippen molar-refractivity contribution in [2.45, 2.75) is 51.7 Å². The zero-order valence-corrected chi connectivity index (χ0v) is 9.94. The van der Waals surface area contributed by atoms with Gasteiger partial charge in [0.2, 0.25) is 0 Å². The minimum Gasteiger partial charge on any atom is -0.447 e. The van der Waals surface area contributed by atoms with Crippen LogP contribution in [0, 0.1) is 5.92 Å². The number of carbonyl (C=O) groups excluding carboxylic acids is 2. The van der Waals surface area contributed by atoms with E-state index in [1.807, 2.05) is 13.8 Å². The summed E-state index contributed by atoms with van der Waals surface area (Å²) < 4.78 is 5.21. The van der Waals surface area contributed by atoms with Crippen LogP contribution in [0.4, 0.5) is 4.79 Å². The van der Waals surface area contributed by atoms with Crippen LogP contribution in [0.5, 0.6) is 0 Å². The van der Waals surface area contributed by atoms with Crippen LogP contribution in [0.2, 0.25) is 0 Å². The molecule has 1 heterocycles. The van der Waals surface area contributed by atoms with Crippen molar-refractivity contribution in [3.05, 3.63) is 0 Å². The van der Waals surface area contributed by atoms with E-state index < -0.39 is 0 Å². The molecular formula is C12H19NO3. The Balaban J connectivity index is 2.05. The molecular weight excluding hydrogens is 206 g/mol. The Hall–Kier alpha value is -1.06. The highest BCUT2D eigenvalue weighted by Crippen LogP contribution is 2.35. The van der Waals surface area contributed by atoms with Crippen LogP contribution >= 0.6 is 0 Å². The van der Waals surface area contributed by atoms with Crippen molar-refractivity contribution in [3.63, 3.8) is 0 Å². The molecule has 1 saturated carbocycles. The van der Waals surface area contributed by atoms with Crippen LogP contribution in [0.1, 0.15) is 39.5 Å². The molecule has 1 saturated heterocycles. The van der Waals surface area contributed by atoms with Gasteiger partial charge >= 0.3 is 6.09 Å². The van der Waals surface area contributed by atoms with Crippen molar-refractivity contribution in [2.75, 3.05) is 6.54 Å². The van der Waals surface area contributed by atoms with Gasteiger partial charge in [0.05, 0.1) is 6.10 Å². The molecule has 2 rings (SSSR count). The van der Waals surface area contributed by atoms with E-state index in [4.69, 9.17) is 4.74 Å². The van der Waals surface area contributed by atoms with Crippen molar-refractivity contribution >= 4 is 11.9 Å². The Labute approximate surface area is 95.9 Å². The van der Waals surface area contributed by atoms with Crippen molar-refractivity contribution in [3.8, 4) is 0 Å². The Kier molecular flexibility index (Phi) is 3.17. The summed E-state index contributed by atoms with van der Waals surface area (Å²) in [5.74, 6) is 0.407. The van der Waals surface area contributed by atoms with E-state index in [-0.39, 0.29) is 24.2 Å². The molecule has 1 aliphatic heterocycles. The summed E-state index contributed by atoms with van der Waals surface area (Å²) in [5.41, 5.74) is 0. The average Bonchev–Trinajstić information content (AvgIpc) is 2.66. The van der Waals surface area contributed by atoms with Crippen LogP contribution in [-0.2, 0) is 9.53 Å². The molecule has 0 aromatic heterocycles. The molecule has 1 aliphatic carbocycles. The van der Waals surface area contributed by atoms with Crippen LogP contribution in [0.15, 0.2) is 0 Å². The van der Waals surface area contributed by atoms with Gasteiger partial charge in [0.1, 0.15) is 5.78 Å². The fourth-order valence-corrected chi connectivity index (χ4v) is 2.77. The predicted molar refractivity (Wildman–Crippen MR) is 59.1 cm³/mol. The number of rotatable bonds is 1. The van der Waals surface area contributed by atoms with Crippen molar-refractivity contribution in [1.82, 2.24) is 4.90 Å². The van der Waals surface area contributed by atoms with E-state index in [0.717, 1.165) is 19.3 Å². The molecule has 90 valence electrons. The minimum atomic E-state index is -0.251. The normalized spacial score (nSPS) is 29.4. The maximum absolute atomic E-state index is 11.9. The highest BCUT2D eigenvalue weighted by molar-refractivity contribution is 5.85. The average molecular weight is 225 g/mol. The first-order valence-electron chi connectivity index (χ1n) is 6.09. The summed E-state index contributed by atoms with van der Waals surface area (Å²) in [7, 11) is 0. The number of Topliss-reactive ketones (excluding diaryl/α,β-unsaturated/α-hetero) is 1. The third-order valence-corrected chi connectivity index (χ3v) is 3.46. The van der Waals surface area contributed by atoms with Gasteiger partial charge in [-0.05, 0) is 26.7 Å². The monoisotopic (exact) mass is 225 g/mol. The smallest absolute Gasteiger partial charge is 0.410 e. The molecule has 0 aromatic rings. The van der Waals surface area contributed by atoms with Crippen molar-refractivity contribution in [2.24, 2.45) is 5.92 Å². The van der Waals surface area contributed by atoms with Gasteiger partial charge in [0.25, 0.3) is 0 Å². The molecule has 2 aliphatic rings. The minimum absolute atomic E-state index is 0.0773. The van der Waals surface area contributed by atoms with E-state index >= 15 is 0 Å². The maximum Gasteiger partial charge on any atom is 0.410 e. The first kappa shape index (κ1) is 11.4. The summed E-state index contributed by atoms with van der Waals surface area (Å²) in [6.07, 6.45) is 3.09. The van der Waals surface area contributed by atoms with Gasteiger partial charge in [0, 0.05) is 24.9 Å². The fourth-order valence-electron chi connectivity index (χ4n) is 2.77. The number of hydrogen-bond acceptors (Lipinski definition) is 3. The summed E-state index contributed by atoms with van der Waals surface area (Å²) in [6.45, 7) is 4.23. The lowest BCUT2D eigenvalue weighted by molar-refractivity contribution is -0.127. The van der Waals surface area contributed by atoms with E-state index in [9.17, 15) is 9.59 Å². The molecule has 0 radical (unpaired) electrons. The molecule has 2 atom stereocenters. The molecule has 2 fully saturated rings. The van der Waals surface area contributed by atoms with Crippen LogP contribution in [0.25, 0.3) is 0 Å². The van der Waals surface area contributed by atoms with E-state index in [0.29, 0.717) is 18.7 Å². The highest BCUT2D eigenvalue weighted by Gasteiger charge is 2.42. The van der Waals surface area contributed by atoms with Crippen LogP contribution in [-0.4, -0.2) is 35.5 Å². The Bertz CT molecular complexity index is 301.